The molecular formula is C17H28N2O. The predicted octanol–water partition coefficient (Wildman–Crippen LogP) is 2.46. The molecule has 2 aliphatic heterocycles. The number of amides is 1. The molecule has 0 aromatic rings. The molecule has 4 bridgehead atoms. The summed E-state index contributed by atoms with van der Waals surface area (Å²) in [6, 6.07) is 1.41. The summed E-state index contributed by atoms with van der Waals surface area (Å²) in [5.74, 6) is 3.66. The Bertz CT molecular complexity index is 371. The molecule has 3 nitrogen and oxygen atoms in total. The van der Waals surface area contributed by atoms with Gasteiger partial charge in [0.15, 0.2) is 0 Å². The molecule has 20 heavy (non-hydrogen) atoms. The summed E-state index contributed by atoms with van der Waals surface area (Å²) in [7, 11) is 0. The minimum Gasteiger partial charge on any atom is -0.356 e. The number of rotatable bonds is 4. The Morgan fingerprint density at radius 2 is 1.80 bits per heavy atom. The summed E-state index contributed by atoms with van der Waals surface area (Å²) < 4.78 is 0. The van der Waals surface area contributed by atoms with Crippen molar-refractivity contribution in [2.75, 3.05) is 6.54 Å². The second kappa shape index (κ2) is 5.32. The maximum Gasteiger partial charge on any atom is 0.220 e. The Morgan fingerprint density at radius 3 is 2.45 bits per heavy atom. The largest absolute Gasteiger partial charge is 0.356 e. The van der Waals surface area contributed by atoms with Gasteiger partial charge in [-0.2, -0.15) is 0 Å². The van der Waals surface area contributed by atoms with Crippen LogP contribution in [0.3, 0.4) is 0 Å². The summed E-state index contributed by atoms with van der Waals surface area (Å²) in [5.41, 5.74) is 0. The third kappa shape index (κ3) is 2.61. The van der Waals surface area contributed by atoms with Crippen molar-refractivity contribution in [3.8, 4) is 0 Å². The van der Waals surface area contributed by atoms with Crippen LogP contribution < -0.4 is 10.6 Å². The van der Waals surface area contributed by atoms with E-state index < -0.39 is 0 Å². The van der Waals surface area contributed by atoms with Crippen LogP contribution in [-0.2, 0) is 4.79 Å². The van der Waals surface area contributed by atoms with E-state index in [-0.39, 0.29) is 0 Å². The van der Waals surface area contributed by atoms with Crippen molar-refractivity contribution >= 4 is 5.91 Å². The fourth-order valence-corrected chi connectivity index (χ4v) is 5.55. The lowest BCUT2D eigenvalue weighted by atomic mass is 9.88. The minimum atomic E-state index is 0.319. The standard InChI is InChI=1S/C17H28N2O/c20-17(9-12-7-15-3-4-16(8-12)19-15)18-10-14-6-11-1-2-13(14)5-11/h11-16,19H,1-10H2,(H,18,20). The summed E-state index contributed by atoms with van der Waals surface area (Å²) in [6.45, 7) is 0.956. The van der Waals surface area contributed by atoms with E-state index in [2.05, 4.69) is 10.6 Å². The molecule has 2 aliphatic carbocycles. The van der Waals surface area contributed by atoms with Crippen molar-refractivity contribution < 1.29 is 4.79 Å². The molecule has 4 rings (SSSR count). The SMILES string of the molecule is O=C(CC1CC2CCC(C1)N2)NCC1CC2CCC1C2. The molecule has 2 N–H and O–H groups in total. The Hall–Kier alpha value is -0.570. The van der Waals surface area contributed by atoms with E-state index in [0.717, 1.165) is 30.7 Å². The molecule has 0 aromatic carbocycles. The van der Waals surface area contributed by atoms with E-state index in [0.29, 0.717) is 23.9 Å². The Morgan fingerprint density at radius 1 is 1.00 bits per heavy atom. The lowest BCUT2D eigenvalue weighted by Gasteiger charge is -2.29. The Balaban J connectivity index is 1.21. The van der Waals surface area contributed by atoms with Gasteiger partial charge < -0.3 is 10.6 Å². The van der Waals surface area contributed by atoms with E-state index in [1.54, 1.807) is 0 Å². The molecule has 0 spiro atoms. The van der Waals surface area contributed by atoms with Crippen LogP contribution >= 0.6 is 0 Å². The zero-order chi connectivity index (χ0) is 13.5. The first-order chi connectivity index (χ1) is 9.76. The van der Waals surface area contributed by atoms with Gasteiger partial charge in [-0.15, -0.1) is 0 Å². The fraction of sp³-hybridized carbons (Fsp3) is 0.941. The van der Waals surface area contributed by atoms with Crippen molar-refractivity contribution in [2.24, 2.45) is 23.7 Å². The highest BCUT2D eigenvalue weighted by Gasteiger charge is 2.39. The number of carbonyl (C=O) groups excluding carboxylic acids is 1. The van der Waals surface area contributed by atoms with Gasteiger partial charge in [-0.3, -0.25) is 4.79 Å². The highest BCUT2D eigenvalue weighted by Crippen LogP contribution is 2.47. The number of hydrogen-bond acceptors (Lipinski definition) is 2. The number of nitrogens with one attached hydrogen (secondary N) is 2. The number of hydrogen-bond donors (Lipinski definition) is 2. The molecule has 5 atom stereocenters. The summed E-state index contributed by atoms with van der Waals surface area (Å²) >= 11 is 0. The van der Waals surface area contributed by atoms with Crippen LogP contribution in [0.2, 0.25) is 0 Å². The van der Waals surface area contributed by atoms with Crippen molar-refractivity contribution in [1.82, 2.24) is 10.6 Å². The van der Waals surface area contributed by atoms with Gasteiger partial charge in [-0.25, -0.2) is 0 Å². The van der Waals surface area contributed by atoms with Crippen LogP contribution in [0.5, 0.6) is 0 Å². The van der Waals surface area contributed by atoms with Crippen molar-refractivity contribution in [3.63, 3.8) is 0 Å². The third-order valence-corrected chi connectivity index (χ3v) is 6.49. The molecule has 2 saturated heterocycles. The molecular weight excluding hydrogens is 248 g/mol. The minimum absolute atomic E-state index is 0.319. The quantitative estimate of drug-likeness (QED) is 0.828. The van der Waals surface area contributed by atoms with E-state index >= 15 is 0 Å². The monoisotopic (exact) mass is 276 g/mol. The van der Waals surface area contributed by atoms with E-state index in [4.69, 9.17) is 0 Å². The normalized spacial score (nSPS) is 45.8. The third-order valence-electron chi connectivity index (χ3n) is 6.49. The second-order valence-electron chi connectivity index (χ2n) is 7.92. The number of piperidine rings is 1. The zero-order valence-corrected chi connectivity index (χ0v) is 12.4. The van der Waals surface area contributed by atoms with Crippen LogP contribution in [-0.4, -0.2) is 24.5 Å². The zero-order valence-electron chi connectivity index (χ0n) is 12.4. The Labute approximate surface area is 122 Å². The molecule has 4 aliphatic rings. The van der Waals surface area contributed by atoms with Crippen LogP contribution in [0.4, 0.5) is 0 Å². The van der Waals surface area contributed by atoms with Gasteiger partial charge >= 0.3 is 0 Å². The van der Waals surface area contributed by atoms with Gasteiger partial charge in [-0.1, -0.05) is 6.42 Å². The van der Waals surface area contributed by atoms with Gasteiger partial charge in [0.1, 0.15) is 0 Å². The smallest absolute Gasteiger partial charge is 0.220 e. The summed E-state index contributed by atoms with van der Waals surface area (Å²) in [4.78, 5) is 12.2. The van der Waals surface area contributed by atoms with Crippen LogP contribution in [0.15, 0.2) is 0 Å². The van der Waals surface area contributed by atoms with Gasteiger partial charge in [0, 0.05) is 25.0 Å². The van der Waals surface area contributed by atoms with E-state index in [9.17, 15) is 4.79 Å². The fourth-order valence-electron chi connectivity index (χ4n) is 5.55. The maximum atomic E-state index is 12.2. The molecule has 4 fully saturated rings. The topological polar surface area (TPSA) is 41.1 Å². The first kappa shape index (κ1) is 13.1. The van der Waals surface area contributed by atoms with Crippen molar-refractivity contribution in [3.05, 3.63) is 0 Å². The lowest BCUT2D eigenvalue weighted by molar-refractivity contribution is -0.122. The highest BCUT2D eigenvalue weighted by atomic mass is 16.1. The molecule has 0 radical (unpaired) electrons. The van der Waals surface area contributed by atoms with Crippen molar-refractivity contribution in [1.29, 1.82) is 0 Å². The maximum absolute atomic E-state index is 12.2. The Kier molecular flexibility index (Phi) is 3.49. The van der Waals surface area contributed by atoms with Gasteiger partial charge in [-0.05, 0) is 68.6 Å². The molecule has 112 valence electrons. The average Bonchev–Trinajstić information content (AvgIpc) is 3.12. The summed E-state index contributed by atoms with van der Waals surface area (Å²) in [6.07, 6.45) is 11.6. The molecule has 5 unspecified atom stereocenters. The average molecular weight is 276 g/mol. The van der Waals surface area contributed by atoms with Gasteiger partial charge in [0.2, 0.25) is 5.91 Å². The second-order valence-corrected chi connectivity index (χ2v) is 7.92. The van der Waals surface area contributed by atoms with Crippen LogP contribution in [0.1, 0.15) is 57.8 Å². The van der Waals surface area contributed by atoms with Crippen LogP contribution in [0.25, 0.3) is 0 Å². The lowest BCUT2D eigenvalue weighted by Crippen LogP contribution is -2.40. The van der Waals surface area contributed by atoms with Gasteiger partial charge in [0.25, 0.3) is 0 Å². The highest BCUT2D eigenvalue weighted by molar-refractivity contribution is 5.76. The first-order valence-corrected chi connectivity index (χ1v) is 8.79. The summed E-state index contributed by atoms with van der Waals surface area (Å²) in [5, 5.41) is 6.90. The van der Waals surface area contributed by atoms with E-state index in [1.807, 2.05) is 0 Å². The number of fused-ring (bicyclic) bond motifs is 4. The molecule has 0 aromatic heterocycles. The van der Waals surface area contributed by atoms with Crippen molar-refractivity contribution in [2.45, 2.75) is 69.9 Å². The first-order valence-electron chi connectivity index (χ1n) is 8.79. The molecule has 2 saturated carbocycles. The van der Waals surface area contributed by atoms with E-state index in [1.165, 1.54) is 51.4 Å². The predicted molar refractivity (Wildman–Crippen MR) is 79.2 cm³/mol. The van der Waals surface area contributed by atoms with Crippen LogP contribution in [0, 0.1) is 23.7 Å². The number of carbonyl (C=O) groups is 1. The molecule has 2 heterocycles. The van der Waals surface area contributed by atoms with Gasteiger partial charge in [0.05, 0.1) is 0 Å². The molecule has 1 amide bonds. The molecule has 3 heteroatoms.